The van der Waals surface area contributed by atoms with Gasteiger partial charge in [-0.25, -0.2) is 4.98 Å². The molecule has 0 aliphatic heterocycles. The first-order chi connectivity index (χ1) is 17.1. The number of thioether (sulfide) groups is 1. The Morgan fingerprint density at radius 2 is 1.97 bits per heavy atom. The fraction of sp³-hybridized carbons (Fsp3) is 0.593. The second kappa shape index (κ2) is 10.7. The molecular formula is C27H36N6OS. The average molecular weight is 493 g/mol. The van der Waals surface area contributed by atoms with Gasteiger partial charge in [-0.3, -0.25) is 0 Å². The number of benzene rings is 1. The number of aliphatic hydroxyl groups excluding tert-OH is 1. The molecule has 1 heterocycles. The van der Waals surface area contributed by atoms with Gasteiger partial charge in [0.25, 0.3) is 0 Å². The molecule has 4 bridgehead atoms. The van der Waals surface area contributed by atoms with E-state index in [1.807, 2.05) is 12.1 Å². The quantitative estimate of drug-likeness (QED) is 0.272. The molecule has 4 aliphatic carbocycles. The van der Waals surface area contributed by atoms with Crippen LogP contribution in [-0.4, -0.2) is 47.1 Å². The van der Waals surface area contributed by atoms with Crippen LogP contribution >= 0.6 is 11.8 Å². The Bertz CT molecular complexity index is 1060. The predicted molar refractivity (Wildman–Crippen MR) is 140 cm³/mol. The molecule has 1 aromatic heterocycles. The summed E-state index contributed by atoms with van der Waals surface area (Å²) in [6.45, 7) is 2.67. The van der Waals surface area contributed by atoms with E-state index in [1.54, 1.807) is 18.0 Å². The molecular weight excluding hydrogens is 456 g/mol. The van der Waals surface area contributed by atoms with Crippen molar-refractivity contribution in [2.24, 2.45) is 23.2 Å². The highest BCUT2D eigenvalue weighted by Crippen LogP contribution is 2.60. The zero-order valence-electron chi connectivity index (χ0n) is 20.5. The van der Waals surface area contributed by atoms with Gasteiger partial charge in [-0.1, -0.05) is 18.2 Å². The van der Waals surface area contributed by atoms with Crippen LogP contribution in [0.5, 0.6) is 0 Å². The monoisotopic (exact) mass is 492 g/mol. The third kappa shape index (κ3) is 5.28. The number of nitriles is 1. The van der Waals surface area contributed by atoms with Crippen LogP contribution < -0.4 is 16.0 Å². The van der Waals surface area contributed by atoms with Gasteiger partial charge in [0.15, 0.2) is 0 Å². The zero-order chi connectivity index (χ0) is 24.3. The number of nitrogens with zero attached hydrogens (tertiary/aromatic N) is 3. The molecule has 6 rings (SSSR count). The number of aromatic nitrogens is 2. The molecule has 186 valence electrons. The van der Waals surface area contributed by atoms with E-state index in [0.717, 1.165) is 37.3 Å². The summed E-state index contributed by atoms with van der Waals surface area (Å²) in [4.78, 5) is 10.3. The SMILES string of the molecule is CSc1ccccc1CNc1ncc(C#N)c(NC[C@@]23CC4C[C@H](C2)[C@@H](NCCCO)[C@@H](C4)C3)n1. The molecule has 0 saturated heterocycles. The summed E-state index contributed by atoms with van der Waals surface area (Å²) in [5.74, 6) is 3.44. The lowest BCUT2D eigenvalue weighted by Gasteiger charge is -2.60. The summed E-state index contributed by atoms with van der Waals surface area (Å²) in [6, 6.07) is 11.2. The molecule has 4 fully saturated rings. The van der Waals surface area contributed by atoms with E-state index in [-0.39, 0.29) is 12.0 Å². The molecule has 4 N–H and O–H groups in total. The van der Waals surface area contributed by atoms with Gasteiger partial charge in [0.1, 0.15) is 17.5 Å². The van der Waals surface area contributed by atoms with Gasteiger partial charge in [0.05, 0.1) is 6.20 Å². The van der Waals surface area contributed by atoms with Crippen LogP contribution in [0, 0.1) is 34.5 Å². The summed E-state index contributed by atoms with van der Waals surface area (Å²) < 4.78 is 0. The fourth-order valence-electron chi connectivity index (χ4n) is 7.07. The van der Waals surface area contributed by atoms with Crippen LogP contribution in [0.25, 0.3) is 0 Å². The highest BCUT2D eigenvalue weighted by molar-refractivity contribution is 7.98. The summed E-state index contributed by atoms with van der Waals surface area (Å²) in [7, 11) is 0. The van der Waals surface area contributed by atoms with Crippen molar-refractivity contribution < 1.29 is 5.11 Å². The van der Waals surface area contributed by atoms with Crippen LogP contribution in [0.3, 0.4) is 0 Å². The standard InChI is InChI=1S/C27H36N6OS/c1-35-23-6-3-2-5-19(23)15-30-26-31-16-22(14-28)25(33-26)32-17-27-11-18-9-20(12-27)24(21(10-18)13-27)29-7-4-8-34/h2-3,5-6,16,18,20-21,24,29,34H,4,7-13,15,17H2,1H3,(H2,30,31,32,33)/t18?,20-,21+,24-,27+. The minimum Gasteiger partial charge on any atom is -0.396 e. The van der Waals surface area contributed by atoms with E-state index >= 15 is 0 Å². The average Bonchev–Trinajstić information content (AvgIpc) is 2.87. The maximum Gasteiger partial charge on any atom is 0.224 e. The molecule has 0 spiro atoms. The highest BCUT2D eigenvalue weighted by atomic mass is 32.2. The van der Waals surface area contributed by atoms with Crippen LogP contribution in [0.15, 0.2) is 35.4 Å². The second-order valence-corrected chi connectivity index (χ2v) is 11.5. The van der Waals surface area contributed by atoms with Crippen molar-refractivity contribution in [2.45, 2.75) is 56.0 Å². The van der Waals surface area contributed by atoms with E-state index in [4.69, 9.17) is 10.1 Å². The first-order valence-electron chi connectivity index (χ1n) is 12.8. The molecule has 0 amide bonds. The third-order valence-corrected chi connectivity index (χ3v) is 9.12. The molecule has 4 aliphatic rings. The summed E-state index contributed by atoms with van der Waals surface area (Å²) >= 11 is 1.73. The Labute approximate surface area is 212 Å². The normalized spacial score (nSPS) is 28.6. The van der Waals surface area contributed by atoms with Crippen LogP contribution in [-0.2, 0) is 6.54 Å². The van der Waals surface area contributed by atoms with Crippen molar-refractivity contribution >= 4 is 23.5 Å². The maximum atomic E-state index is 9.66. The summed E-state index contributed by atoms with van der Waals surface area (Å²) in [5, 5.41) is 29.5. The van der Waals surface area contributed by atoms with Gasteiger partial charge in [-0.05, 0) is 86.1 Å². The molecule has 8 heteroatoms. The molecule has 0 radical (unpaired) electrons. The molecule has 35 heavy (non-hydrogen) atoms. The highest BCUT2D eigenvalue weighted by Gasteiger charge is 2.54. The summed E-state index contributed by atoms with van der Waals surface area (Å²) in [5.41, 5.74) is 1.99. The van der Waals surface area contributed by atoms with Gasteiger partial charge < -0.3 is 21.1 Å². The summed E-state index contributed by atoms with van der Waals surface area (Å²) in [6.07, 6.45) is 10.9. The smallest absolute Gasteiger partial charge is 0.224 e. The molecule has 4 saturated carbocycles. The van der Waals surface area contributed by atoms with Crippen molar-refractivity contribution in [1.82, 2.24) is 15.3 Å². The largest absolute Gasteiger partial charge is 0.396 e. The minimum atomic E-state index is 0.257. The van der Waals surface area contributed by atoms with Crippen molar-refractivity contribution in [3.63, 3.8) is 0 Å². The van der Waals surface area contributed by atoms with Crippen LogP contribution in [0.2, 0.25) is 0 Å². The Morgan fingerprint density at radius 3 is 2.71 bits per heavy atom. The van der Waals surface area contributed by atoms with Gasteiger partial charge >= 0.3 is 0 Å². The van der Waals surface area contributed by atoms with Crippen molar-refractivity contribution in [3.8, 4) is 6.07 Å². The van der Waals surface area contributed by atoms with E-state index in [2.05, 4.69) is 45.4 Å². The van der Waals surface area contributed by atoms with E-state index in [0.29, 0.717) is 29.9 Å². The number of aliphatic hydroxyl groups is 1. The number of nitrogens with one attached hydrogen (secondary N) is 3. The third-order valence-electron chi connectivity index (χ3n) is 8.28. The molecule has 2 aromatic rings. The zero-order valence-corrected chi connectivity index (χ0v) is 21.3. The van der Waals surface area contributed by atoms with Gasteiger partial charge in [-0.2, -0.15) is 10.2 Å². The molecule has 1 aromatic carbocycles. The van der Waals surface area contributed by atoms with Gasteiger partial charge in [-0.15, -0.1) is 11.8 Å². The fourth-order valence-corrected chi connectivity index (χ4v) is 7.69. The Morgan fingerprint density at radius 1 is 1.17 bits per heavy atom. The number of hydrogen-bond acceptors (Lipinski definition) is 8. The molecule has 1 unspecified atom stereocenters. The second-order valence-electron chi connectivity index (χ2n) is 10.6. The Kier molecular flexibility index (Phi) is 7.47. The lowest BCUT2D eigenvalue weighted by atomic mass is 9.48. The number of rotatable bonds is 11. The Hall–Kier alpha value is -2.34. The van der Waals surface area contributed by atoms with Gasteiger partial charge in [0.2, 0.25) is 5.95 Å². The van der Waals surface area contributed by atoms with Crippen molar-refractivity contribution in [2.75, 3.05) is 36.6 Å². The number of anilines is 2. The van der Waals surface area contributed by atoms with Crippen LogP contribution in [0.1, 0.15) is 49.7 Å². The first kappa shape index (κ1) is 24.4. The van der Waals surface area contributed by atoms with Crippen molar-refractivity contribution in [1.29, 1.82) is 5.26 Å². The van der Waals surface area contributed by atoms with E-state index in [9.17, 15) is 5.26 Å². The lowest BCUT2D eigenvalue weighted by molar-refractivity contribution is -0.0694. The van der Waals surface area contributed by atoms with Crippen LogP contribution in [0.4, 0.5) is 11.8 Å². The maximum absolute atomic E-state index is 9.66. The van der Waals surface area contributed by atoms with Crippen molar-refractivity contribution in [3.05, 3.63) is 41.6 Å². The minimum absolute atomic E-state index is 0.257. The number of hydrogen-bond donors (Lipinski definition) is 4. The van der Waals surface area contributed by atoms with Gasteiger partial charge in [0, 0.05) is 30.6 Å². The predicted octanol–water partition coefficient (Wildman–Crippen LogP) is 4.26. The molecule has 5 atom stereocenters. The Balaban J connectivity index is 1.24. The molecule has 7 nitrogen and oxygen atoms in total. The topological polar surface area (TPSA) is 106 Å². The lowest BCUT2D eigenvalue weighted by Crippen LogP contribution is -2.59. The van der Waals surface area contributed by atoms with E-state index < -0.39 is 0 Å². The van der Waals surface area contributed by atoms with E-state index in [1.165, 1.54) is 42.6 Å². The first-order valence-corrected chi connectivity index (χ1v) is 14.1.